The number of alkyl halides is 1. The van der Waals surface area contributed by atoms with Gasteiger partial charge < -0.3 is 9.80 Å². The lowest BCUT2D eigenvalue weighted by Gasteiger charge is -2.28. The molecule has 8 heteroatoms. The third-order valence-corrected chi connectivity index (χ3v) is 5.92. The minimum atomic E-state index is -1.12. The third kappa shape index (κ3) is 3.87. The molecule has 0 N–H and O–H groups in total. The van der Waals surface area contributed by atoms with Crippen molar-refractivity contribution in [3.8, 4) is 6.07 Å². The van der Waals surface area contributed by atoms with Crippen LogP contribution in [0.2, 0.25) is 0 Å². The van der Waals surface area contributed by atoms with E-state index in [9.17, 15) is 13.6 Å². The Morgan fingerprint density at radius 2 is 2.24 bits per heavy atom. The molecular formula is C21H23F2N5O. The molecule has 3 atom stereocenters. The first kappa shape index (κ1) is 19.5. The van der Waals surface area contributed by atoms with Crippen molar-refractivity contribution in [3.63, 3.8) is 0 Å². The Bertz CT molecular complexity index is 962. The lowest BCUT2D eigenvalue weighted by atomic mass is 10.1. The van der Waals surface area contributed by atoms with Crippen LogP contribution in [0.1, 0.15) is 12.8 Å². The molecule has 0 spiro atoms. The SMILES string of the molecule is CN(c1cccc2ncc(F)cc12)C1CCN(CC(=O)N2C[C@@H](F)C[C@H]2C#N)C1. The van der Waals surface area contributed by atoms with Gasteiger partial charge in [0.05, 0.1) is 30.9 Å². The van der Waals surface area contributed by atoms with E-state index in [0.717, 1.165) is 29.6 Å². The Morgan fingerprint density at radius 3 is 3.03 bits per heavy atom. The number of carbonyl (C=O) groups excluding carboxylic acids is 1. The molecule has 152 valence electrons. The van der Waals surface area contributed by atoms with E-state index in [-0.39, 0.29) is 37.3 Å². The van der Waals surface area contributed by atoms with Crippen molar-refractivity contribution in [1.29, 1.82) is 5.26 Å². The Morgan fingerprint density at radius 1 is 1.41 bits per heavy atom. The standard InChI is InChI=1S/C21H23F2N5O/c1-26(20-4-2-3-19-18(20)8-14(22)10-25-19)16-5-6-27(12-16)13-21(29)28-11-15(23)7-17(28)9-24/h2-4,8,10,15-17H,5-7,11-13H2,1H3/t15-,16?,17-/m0/s1. The van der Waals surface area contributed by atoms with Crippen LogP contribution in [-0.4, -0.2) is 72.2 Å². The van der Waals surface area contributed by atoms with Gasteiger partial charge in [-0.1, -0.05) is 6.07 Å². The highest BCUT2D eigenvalue weighted by Gasteiger charge is 2.37. The van der Waals surface area contributed by atoms with Gasteiger partial charge in [-0.2, -0.15) is 5.26 Å². The van der Waals surface area contributed by atoms with Gasteiger partial charge in [0.15, 0.2) is 0 Å². The highest BCUT2D eigenvalue weighted by atomic mass is 19.1. The highest BCUT2D eigenvalue weighted by Crippen LogP contribution is 2.29. The van der Waals surface area contributed by atoms with Crippen molar-refractivity contribution in [2.24, 2.45) is 0 Å². The van der Waals surface area contributed by atoms with Crippen LogP contribution in [-0.2, 0) is 4.79 Å². The molecule has 1 amide bonds. The van der Waals surface area contributed by atoms with Crippen LogP contribution in [0.3, 0.4) is 0 Å². The first-order valence-electron chi connectivity index (χ1n) is 9.79. The highest BCUT2D eigenvalue weighted by molar-refractivity contribution is 5.91. The van der Waals surface area contributed by atoms with E-state index in [1.54, 1.807) is 0 Å². The summed E-state index contributed by atoms with van der Waals surface area (Å²) in [5, 5.41) is 9.91. The van der Waals surface area contributed by atoms with E-state index in [4.69, 9.17) is 5.26 Å². The van der Waals surface area contributed by atoms with Gasteiger partial charge in [0.1, 0.15) is 18.0 Å². The van der Waals surface area contributed by atoms with Crippen LogP contribution in [0.4, 0.5) is 14.5 Å². The Hall–Kier alpha value is -2.79. The number of benzene rings is 1. The number of aromatic nitrogens is 1. The summed E-state index contributed by atoms with van der Waals surface area (Å²) in [5.74, 6) is -0.572. The van der Waals surface area contributed by atoms with E-state index in [2.05, 4.69) is 9.88 Å². The zero-order valence-corrected chi connectivity index (χ0v) is 16.3. The minimum Gasteiger partial charge on any atom is -0.370 e. The monoisotopic (exact) mass is 399 g/mol. The molecule has 4 rings (SSSR count). The Kier molecular flexibility index (Phi) is 5.33. The summed E-state index contributed by atoms with van der Waals surface area (Å²) in [6, 6.07) is 8.71. The van der Waals surface area contributed by atoms with Crippen molar-refractivity contribution in [2.75, 3.05) is 38.1 Å². The number of rotatable bonds is 4. The molecule has 1 aromatic carbocycles. The number of likely N-dealkylation sites (tertiary alicyclic amines) is 2. The first-order valence-corrected chi connectivity index (χ1v) is 9.79. The summed E-state index contributed by atoms with van der Waals surface area (Å²) in [5.41, 5.74) is 1.63. The van der Waals surface area contributed by atoms with E-state index in [1.807, 2.05) is 36.2 Å². The number of fused-ring (bicyclic) bond motifs is 1. The predicted octanol–water partition coefficient (Wildman–Crippen LogP) is 2.35. The van der Waals surface area contributed by atoms with Gasteiger partial charge in [0.2, 0.25) is 5.91 Å². The maximum Gasteiger partial charge on any atom is 0.237 e. The van der Waals surface area contributed by atoms with E-state index in [1.165, 1.54) is 17.2 Å². The topological polar surface area (TPSA) is 63.5 Å². The zero-order valence-electron chi connectivity index (χ0n) is 16.3. The predicted molar refractivity (Wildman–Crippen MR) is 106 cm³/mol. The number of nitriles is 1. The number of hydrogen-bond acceptors (Lipinski definition) is 5. The third-order valence-electron chi connectivity index (χ3n) is 5.92. The summed E-state index contributed by atoms with van der Waals surface area (Å²) in [6.45, 7) is 1.59. The molecule has 2 aromatic rings. The fourth-order valence-corrected chi connectivity index (χ4v) is 4.35. The lowest BCUT2D eigenvalue weighted by molar-refractivity contribution is -0.132. The number of likely N-dealkylation sites (N-methyl/N-ethyl adjacent to an activating group) is 1. The number of pyridine rings is 1. The molecule has 3 heterocycles. The molecule has 2 saturated heterocycles. The lowest BCUT2D eigenvalue weighted by Crippen LogP contribution is -2.43. The van der Waals surface area contributed by atoms with Crippen LogP contribution in [0.15, 0.2) is 30.5 Å². The molecule has 0 saturated carbocycles. The van der Waals surface area contributed by atoms with E-state index >= 15 is 0 Å². The summed E-state index contributed by atoms with van der Waals surface area (Å²) in [6.07, 6.45) is 1.04. The normalized spacial score (nSPS) is 24.8. The van der Waals surface area contributed by atoms with Crippen LogP contribution < -0.4 is 4.90 Å². The van der Waals surface area contributed by atoms with E-state index in [0.29, 0.717) is 6.54 Å². The molecule has 2 fully saturated rings. The van der Waals surface area contributed by atoms with Crippen molar-refractivity contribution in [2.45, 2.75) is 31.1 Å². The molecule has 1 unspecified atom stereocenters. The Labute approximate surface area is 168 Å². The second-order valence-electron chi connectivity index (χ2n) is 7.81. The number of anilines is 1. The second kappa shape index (κ2) is 7.91. The average Bonchev–Trinajstić information content (AvgIpc) is 3.33. The molecule has 2 aliphatic heterocycles. The zero-order chi connectivity index (χ0) is 20.5. The van der Waals surface area contributed by atoms with Gasteiger partial charge in [-0.25, -0.2) is 8.78 Å². The Balaban J connectivity index is 1.43. The van der Waals surface area contributed by atoms with Crippen LogP contribution in [0.5, 0.6) is 0 Å². The molecule has 2 aliphatic rings. The van der Waals surface area contributed by atoms with Gasteiger partial charge >= 0.3 is 0 Å². The number of halogens is 2. The van der Waals surface area contributed by atoms with Crippen LogP contribution in [0.25, 0.3) is 10.9 Å². The fraction of sp³-hybridized carbons (Fsp3) is 0.476. The summed E-state index contributed by atoms with van der Waals surface area (Å²) in [4.78, 5) is 22.2. The molecule has 1 aromatic heterocycles. The maximum absolute atomic E-state index is 13.7. The molecule has 0 aliphatic carbocycles. The van der Waals surface area contributed by atoms with E-state index < -0.39 is 12.2 Å². The second-order valence-corrected chi connectivity index (χ2v) is 7.81. The first-order chi connectivity index (χ1) is 14.0. The number of hydrogen-bond donors (Lipinski definition) is 0. The molecule has 6 nitrogen and oxygen atoms in total. The van der Waals surface area contributed by atoms with Crippen molar-refractivity contribution in [3.05, 3.63) is 36.3 Å². The largest absolute Gasteiger partial charge is 0.370 e. The molecule has 29 heavy (non-hydrogen) atoms. The maximum atomic E-state index is 13.7. The fourth-order valence-electron chi connectivity index (χ4n) is 4.35. The van der Waals surface area contributed by atoms with Crippen LogP contribution >= 0.6 is 0 Å². The number of carbonyl (C=O) groups is 1. The van der Waals surface area contributed by atoms with Gasteiger partial charge in [0, 0.05) is 43.7 Å². The van der Waals surface area contributed by atoms with Crippen molar-refractivity contribution in [1.82, 2.24) is 14.8 Å². The smallest absolute Gasteiger partial charge is 0.237 e. The molecular weight excluding hydrogens is 376 g/mol. The number of nitrogens with zero attached hydrogens (tertiary/aromatic N) is 5. The van der Waals surface area contributed by atoms with Crippen LogP contribution in [0, 0.1) is 17.1 Å². The quantitative estimate of drug-likeness (QED) is 0.790. The van der Waals surface area contributed by atoms with Crippen molar-refractivity contribution < 1.29 is 13.6 Å². The number of amides is 1. The average molecular weight is 399 g/mol. The van der Waals surface area contributed by atoms with Gasteiger partial charge in [-0.05, 0) is 24.6 Å². The van der Waals surface area contributed by atoms with Gasteiger partial charge in [-0.3, -0.25) is 14.7 Å². The van der Waals surface area contributed by atoms with Gasteiger partial charge in [-0.15, -0.1) is 0 Å². The van der Waals surface area contributed by atoms with Crippen molar-refractivity contribution >= 4 is 22.5 Å². The molecule has 0 radical (unpaired) electrons. The summed E-state index contributed by atoms with van der Waals surface area (Å²) in [7, 11) is 1.97. The molecule has 0 bridgehead atoms. The summed E-state index contributed by atoms with van der Waals surface area (Å²) < 4.78 is 27.3. The minimum absolute atomic E-state index is 0.00278. The summed E-state index contributed by atoms with van der Waals surface area (Å²) >= 11 is 0. The van der Waals surface area contributed by atoms with Gasteiger partial charge in [0.25, 0.3) is 0 Å².